The van der Waals surface area contributed by atoms with E-state index in [1.807, 2.05) is 0 Å². The van der Waals surface area contributed by atoms with Crippen LogP contribution in [0.15, 0.2) is 52.3 Å². The number of benzene rings is 2. The minimum Gasteiger partial charge on any atom is -0.326 e. The largest absolute Gasteiger partial charge is 0.326 e. The molecule has 1 saturated heterocycles. The summed E-state index contributed by atoms with van der Waals surface area (Å²) in [5, 5.41) is 3.20. The van der Waals surface area contributed by atoms with Gasteiger partial charge in [0, 0.05) is 23.8 Å². The summed E-state index contributed by atoms with van der Waals surface area (Å²) in [6.07, 6.45) is 1.07. The molecule has 11 heteroatoms. The summed E-state index contributed by atoms with van der Waals surface area (Å²) in [4.78, 5) is 13.0. The van der Waals surface area contributed by atoms with Crippen molar-refractivity contribution in [3.8, 4) is 0 Å². The number of rotatable bonds is 6. The van der Waals surface area contributed by atoms with Crippen LogP contribution < -0.4 is 10.0 Å². The molecule has 168 valence electrons. The molecule has 8 nitrogen and oxygen atoms in total. The number of anilines is 1. The molecule has 3 rings (SSSR count). The number of hydrogen-bond acceptors (Lipinski definition) is 5. The lowest BCUT2D eigenvalue weighted by Gasteiger charge is -2.31. The fourth-order valence-electron chi connectivity index (χ4n) is 3.39. The monoisotopic (exact) mass is 485 g/mol. The molecule has 31 heavy (non-hydrogen) atoms. The van der Waals surface area contributed by atoms with Gasteiger partial charge in [-0.25, -0.2) is 21.6 Å². The summed E-state index contributed by atoms with van der Waals surface area (Å²) in [6.45, 7) is 2.12. The summed E-state index contributed by atoms with van der Waals surface area (Å²) in [6, 6.07) is 10.4. The molecule has 0 spiro atoms. The second kappa shape index (κ2) is 9.25. The molecule has 1 atom stereocenters. The highest BCUT2D eigenvalue weighted by atomic mass is 35.5. The van der Waals surface area contributed by atoms with Crippen molar-refractivity contribution in [2.24, 2.45) is 5.92 Å². The van der Waals surface area contributed by atoms with Crippen molar-refractivity contribution >= 4 is 43.2 Å². The van der Waals surface area contributed by atoms with Gasteiger partial charge in [0.05, 0.1) is 15.7 Å². The molecule has 0 saturated carbocycles. The van der Waals surface area contributed by atoms with E-state index in [2.05, 4.69) is 10.0 Å². The predicted molar refractivity (Wildman–Crippen MR) is 119 cm³/mol. The van der Waals surface area contributed by atoms with Gasteiger partial charge in [-0.05, 0) is 68.8 Å². The van der Waals surface area contributed by atoms with Crippen LogP contribution in [0.3, 0.4) is 0 Å². The van der Waals surface area contributed by atoms with Gasteiger partial charge >= 0.3 is 0 Å². The molecular formula is C20H24ClN3O5S2. The van der Waals surface area contributed by atoms with Crippen LogP contribution in [0.25, 0.3) is 0 Å². The molecule has 1 aliphatic heterocycles. The van der Waals surface area contributed by atoms with Crippen LogP contribution in [0, 0.1) is 12.8 Å². The third-order valence-corrected chi connectivity index (χ3v) is 8.80. The smallest absolute Gasteiger partial charge is 0.243 e. The maximum absolute atomic E-state index is 12.9. The quantitative estimate of drug-likeness (QED) is 0.653. The molecule has 0 unspecified atom stereocenters. The van der Waals surface area contributed by atoms with E-state index in [0.717, 1.165) is 0 Å². The van der Waals surface area contributed by atoms with Crippen LogP contribution in [-0.4, -0.2) is 47.2 Å². The number of nitrogens with one attached hydrogen (secondary N) is 2. The Morgan fingerprint density at radius 3 is 2.35 bits per heavy atom. The zero-order chi connectivity index (χ0) is 22.8. The Kier molecular flexibility index (Phi) is 7.07. The Morgan fingerprint density at radius 2 is 1.71 bits per heavy atom. The van der Waals surface area contributed by atoms with E-state index in [9.17, 15) is 21.6 Å². The van der Waals surface area contributed by atoms with E-state index >= 15 is 0 Å². The lowest BCUT2D eigenvalue weighted by atomic mass is 9.98. The third-order valence-electron chi connectivity index (χ3n) is 5.25. The van der Waals surface area contributed by atoms with Crippen molar-refractivity contribution in [3.63, 3.8) is 0 Å². The summed E-state index contributed by atoms with van der Waals surface area (Å²) in [7, 11) is -6.10. The Bertz CT molecular complexity index is 1180. The molecular weight excluding hydrogens is 462 g/mol. The summed E-state index contributed by atoms with van der Waals surface area (Å²) in [5.41, 5.74) is 1.07. The first-order chi connectivity index (χ1) is 14.5. The second-order valence-corrected chi connectivity index (χ2v) is 11.6. The van der Waals surface area contributed by atoms with Gasteiger partial charge in [-0.3, -0.25) is 4.79 Å². The fraction of sp³-hybridized carbons (Fsp3) is 0.350. The molecule has 1 aliphatic rings. The Balaban J connectivity index is 1.77. The van der Waals surface area contributed by atoms with Crippen molar-refractivity contribution in [1.29, 1.82) is 0 Å². The van der Waals surface area contributed by atoms with Crippen molar-refractivity contribution in [2.75, 3.05) is 25.5 Å². The topological polar surface area (TPSA) is 113 Å². The van der Waals surface area contributed by atoms with Crippen LogP contribution in [0.4, 0.5) is 5.69 Å². The second-order valence-electron chi connectivity index (χ2n) is 7.33. The number of sulfonamides is 2. The number of hydrogen-bond donors (Lipinski definition) is 2. The maximum Gasteiger partial charge on any atom is 0.243 e. The molecule has 0 bridgehead atoms. The van der Waals surface area contributed by atoms with Crippen LogP contribution >= 0.6 is 11.6 Å². The van der Waals surface area contributed by atoms with Gasteiger partial charge in [0.1, 0.15) is 0 Å². The first-order valence-corrected chi connectivity index (χ1v) is 13.0. The Morgan fingerprint density at radius 1 is 1.06 bits per heavy atom. The highest BCUT2D eigenvalue weighted by Gasteiger charge is 2.33. The highest BCUT2D eigenvalue weighted by Crippen LogP contribution is 2.27. The molecule has 2 N–H and O–H groups in total. The molecule has 2 aromatic rings. The van der Waals surface area contributed by atoms with Gasteiger partial charge in [-0.1, -0.05) is 17.7 Å². The number of amides is 1. The zero-order valence-electron chi connectivity index (χ0n) is 17.1. The van der Waals surface area contributed by atoms with Gasteiger partial charge < -0.3 is 5.32 Å². The molecule has 2 aromatic carbocycles. The molecule has 1 heterocycles. The summed E-state index contributed by atoms with van der Waals surface area (Å²) < 4.78 is 53.5. The van der Waals surface area contributed by atoms with E-state index in [1.54, 1.807) is 13.0 Å². The molecule has 0 radical (unpaired) electrons. The standard InChI is InChI=1S/C20H24ClN3O5S2/c1-14-5-8-18(30(26,27)22-2)12-19(14)23-20(25)15-4-3-11-24(13-15)31(28,29)17-9-6-16(21)7-10-17/h5-10,12,15,22H,3-4,11,13H2,1-2H3,(H,23,25)/t15-/m1/s1. The van der Waals surface area contributed by atoms with E-state index in [4.69, 9.17) is 11.6 Å². The molecule has 0 aromatic heterocycles. The van der Waals surface area contributed by atoms with E-state index in [-0.39, 0.29) is 22.2 Å². The average Bonchev–Trinajstić information content (AvgIpc) is 2.75. The third kappa shape index (κ3) is 5.27. The van der Waals surface area contributed by atoms with Gasteiger partial charge in [0.15, 0.2) is 0 Å². The van der Waals surface area contributed by atoms with Crippen LogP contribution in [0.5, 0.6) is 0 Å². The van der Waals surface area contributed by atoms with E-state index < -0.39 is 26.0 Å². The maximum atomic E-state index is 12.9. The lowest BCUT2D eigenvalue weighted by Crippen LogP contribution is -2.43. The highest BCUT2D eigenvalue weighted by molar-refractivity contribution is 7.89. The van der Waals surface area contributed by atoms with Gasteiger partial charge in [-0.15, -0.1) is 0 Å². The molecule has 1 amide bonds. The number of carbonyl (C=O) groups is 1. The van der Waals surface area contributed by atoms with E-state index in [1.165, 1.54) is 47.8 Å². The van der Waals surface area contributed by atoms with Crippen molar-refractivity contribution in [1.82, 2.24) is 9.03 Å². The van der Waals surface area contributed by atoms with Crippen molar-refractivity contribution < 1.29 is 21.6 Å². The number of aryl methyl sites for hydroxylation is 1. The van der Waals surface area contributed by atoms with Crippen LogP contribution in [0.1, 0.15) is 18.4 Å². The SMILES string of the molecule is CNS(=O)(=O)c1ccc(C)c(NC(=O)[C@@H]2CCCN(S(=O)(=O)c3ccc(Cl)cc3)C2)c1. The molecule has 1 fully saturated rings. The first-order valence-electron chi connectivity index (χ1n) is 9.65. The average molecular weight is 486 g/mol. The lowest BCUT2D eigenvalue weighted by molar-refractivity contribution is -0.120. The van der Waals surface area contributed by atoms with E-state index in [0.29, 0.717) is 35.7 Å². The Hall–Kier alpha value is -1.98. The Labute approximate surface area is 187 Å². The minimum absolute atomic E-state index is 0.0338. The fourth-order valence-corrected chi connectivity index (χ4v) is 5.79. The zero-order valence-corrected chi connectivity index (χ0v) is 19.5. The summed E-state index contributed by atoms with van der Waals surface area (Å²) >= 11 is 5.85. The van der Waals surface area contributed by atoms with Gasteiger partial charge in [0.25, 0.3) is 0 Å². The van der Waals surface area contributed by atoms with Gasteiger partial charge in [0.2, 0.25) is 26.0 Å². The normalized spacial score (nSPS) is 18.0. The predicted octanol–water partition coefficient (Wildman–Crippen LogP) is 2.60. The van der Waals surface area contributed by atoms with Crippen LogP contribution in [0.2, 0.25) is 5.02 Å². The van der Waals surface area contributed by atoms with Crippen LogP contribution in [-0.2, 0) is 24.8 Å². The van der Waals surface area contributed by atoms with Crippen molar-refractivity contribution in [2.45, 2.75) is 29.6 Å². The number of halogens is 1. The number of nitrogens with zero attached hydrogens (tertiary/aromatic N) is 1. The van der Waals surface area contributed by atoms with Gasteiger partial charge in [-0.2, -0.15) is 4.31 Å². The number of carbonyl (C=O) groups excluding carboxylic acids is 1. The molecule has 0 aliphatic carbocycles. The summed E-state index contributed by atoms with van der Waals surface area (Å²) in [5.74, 6) is -0.905. The number of piperidine rings is 1. The van der Waals surface area contributed by atoms with Crippen molar-refractivity contribution in [3.05, 3.63) is 53.1 Å². The first kappa shape index (κ1) is 23.7. The minimum atomic E-state index is -3.75.